The lowest BCUT2D eigenvalue weighted by Gasteiger charge is -2.18. The van der Waals surface area contributed by atoms with E-state index in [9.17, 15) is 10.5 Å². The van der Waals surface area contributed by atoms with Crippen molar-refractivity contribution in [1.82, 2.24) is 9.97 Å². The fourth-order valence-corrected chi connectivity index (χ4v) is 5.68. The summed E-state index contributed by atoms with van der Waals surface area (Å²) < 4.78 is 0. The van der Waals surface area contributed by atoms with Gasteiger partial charge in [-0.25, -0.2) is 0 Å². The van der Waals surface area contributed by atoms with E-state index in [-0.39, 0.29) is 0 Å². The van der Waals surface area contributed by atoms with Gasteiger partial charge >= 0.3 is 0 Å². The highest BCUT2D eigenvalue weighted by Crippen LogP contribution is 2.44. The highest BCUT2D eigenvalue weighted by molar-refractivity contribution is 6.21. The van der Waals surface area contributed by atoms with Gasteiger partial charge in [-0.1, -0.05) is 97.1 Å². The lowest BCUT2D eigenvalue weighted by molar-refractivity contribution is 1.31. The first-order valence-corrected chi connectivity index (χ1v) is 13.6. The van der Waals surface area contributed by atoms with E-state index in [2.05, 4.69) is 119 Å². The Kier molecular flexibility index (Phi) is 6.21. The molecule has 5 aromatic carbocycles. The Hall–Kier alpha value is -6.10. The third kappa shape index (κ3) is 4.34. The molecule has 0 bridgehead atoms. The number of rotatable bonds is 4. The predicted molar refractivity (Wildman–Crippen MR) is 168 cm³/mol. The lowest BCUT2D eigenvalue weighted by Crippen LogP contribution is -1.91. The zero-order valence-corrected chi connectivity index (χ0v) is 22.5. The van der Waals surface area contributed by atoms with Crippen LogP contribution in [0.3, 0.4) is 0 Å². The second kappa shape index (κ2) is 10.5. The van der Waals surface area contributed by atoms with E-state index in [1.807, 2.05) is 12.1 Å². The summed E-state index contributed by atoms with van der Waals surface area (Å²) in [6.45, 7) is 0. The van der Waals surface area contributed by atoms with Gasteiger partial charge < -0.3 is 0 Å². The summed E-state index contributed by atoms with van der Waals surface area (Å²) in [5.41, 5.74) is 9.29. The summed E-state index contributed by atoms with van der Waals surface area (Å²) in [5.74, 6) is 0. The highest BCUT2D eigenvalue weighted by atomic mass is 14.7. The van der Waals surface area contributed by atoms with E-state index in [1.54, 1.807) is 24.5 Å². The number of fused-ring (bicyclic) bond motifs is 2. The molecule has 0 aliphatic rings. The molecular weight excluding hydrogens is 512 g/mol. The van der Waals surface area contributed by atoms with Crippen LogP contribution in [0.25, 0.3) is 66.3 Å². The second-order valence-corrected chi connectivity index (χ2v) is 10.1. The minimum Gasteiger partial charge on any atom is -0.256 e. The average Bonchev–Trinajstić information content (AvgIpc) is 3.07. The van der Waals surface area contributed by atoms with E-state index < -0.39 is 0 Å². The van der Waals surface area contributed by atoms with Crippen LogP contribution in [0.2, 0.25) is 0 Å². The fraction of sp³-hybridized carbons (Fsp3) is 0. The number of nitrogens with zero attached hydrogens (tertiary/aromatic N) is 4. The molecule has 0 fully saturated rings. The quantitative estimate of drug-likeness (QED) is 0.211. The Morgan fingerprint density at radius 2 is 0.738 bits per heavy atom. The maximum atomic E-state index is 9.30. The maximum Gasteiger partial charge on any atom is 0.0992 e. The van der Waals surface area contributed by atoms with Gasteiger partial charge in [0.25, 0.3) is 0 Å². The molecule has 0 amide bonds. The molecule has 0 spiro atoms. The minimum atomic E-state index is 0.594. The largest absolute Gasteiger partial charge is 0.256 e. The Bertz CT molecular complexity index is 1980. The zero-order chi connectivity index (χ0) is 28.5. The third-order valence-electron chi connectivity index (χ3n) is 7.65. The SMILES string of the molecule is N#Cc1ccnc(-c2ccc(-c3c4ccccc4c(-c4ccc(-c5cc(C#N)ccn5)cc4)c4ccccc34)cc2)c1. The number of hydrogen-bond donors (Lipinski definition) is 0. The molecule has 42 heavy (non-hydrogen) atoms. The number of hydrogen-bond acceptors (Lipinski definition) is 4. The molecule has 4 nitrogen and oxygen atoms in total. The molecular formula is C38H22N4. The van der Waals surface area contributed by atoms with E-state index in [1.165, 1.54) is 32.7 Å². The molecule has 4 heteroatoms. The van der Waals surface area contributed by atoms with Gasteiger partial charge in [-0.2, -0.15) is 10.5 Å². The smallest absolute Gasteiger partial charge is 0.0992 e. The van der Waals surface area contributed by atoms with Crippen molar-refractivity contribution in [3.63, 3.8) is 0 Å². The Labute approximate surface area is 243 Å². The lowest BCUT2D eigenvalue weighted by atomic mass is 9.85. The summed E-state index contributed by atoms with van der Waals surface area (Å²) in [5, 5.41) is 23.3. The molecule has 2 aromatic heterocycles. The molecule has 0 unspecified atom stereocenters. The molecule has 194 valence electrons. The first kappa shape index (κ1) is 24.9. The van der Waals surface area contributed by atoms with Gasteiger partial charge in [-0.15, -0.1) is 0 Å². The van der Waals surface area contributed by atoms with Gasteiger partial charge in [0.05, 0.1) is 34.7 Å². The van der Waals surface area contributed by atoms with Crippen molar-refractivity contribution in [3.8, 4) is 56.9 Å². The van der Waals surface area contributed by atoms with Crippen LogP contribution in [0.15, 0.2) is 134 Å². The summed E-state index contributed by atoms with van der Waals surface area (Å²) in [4.78, 5) is 8.94. The summed E-state index contributed by atoms with van der Waals surface area (Å²) >= 11 is 0. The molecule has 0 N–H and O–H groups in total. The normalized spacial score (nSPS) is 10.8. The van der Waals surface area contributed by atoms with Crippen molar-refractivity contribution in [3.05, 3.63) is 145 Å². The predicted octanol–water partition coefficient (Wildman–Crippen LogP) is 9.19. The van der Waals surface area contributed by atoms with Crippen molar-refractivity contribution >= 4 is 21.5 Å². The van der Waals surface area contributed by atoms with Gasteiger partial charge in [0.2, 0.25) is 0 Å². The minimum absolute atomic E-state index is 0.594. The number of nitriles is 2. The molecule has 7 aromatic rings. The van der Waals surface area contributed by atoms with Gasteiger partial charge in [0.15, 0.2) is 0 Å². The standard InChI is InChI=1S/C38H22N4/c39-23-25-17-19-41-35(21-25)27-9-13-29(14-10-27)37-31-5-1-2-6-32(31)38(34-8-4-3-7-33(34)37)30-15-11-28(12-16-30)36-22-26(24-40)18-20-42-36/h1-22H. The van der Waals surface area contributed by atoms with Crippen LogP contribution in [0.4, 0.5) is 0 Å². The Balaban J connectivity index is 1.38. The van der Waals surface area contributed by atoms with E-state index in [4.69, 9.17) is 0 Å². The number of aromatic nitrogens is 2. The summed E-state index contributed by atoms with van der Waals surface area (Å²) in [6, 6.07) is 45.4. The monoisotopic (exact) mass is 534 g/mol. The van der Waals surface area contributed by atoms with Crippen LogP contribution >= 0.6 is 0 Å². The van der Waals surface area contributed by atoms with Crippen LogP contribution in [-0.4, -0.2) is 9.97 Å². The van der Waals surface area contributed by atoms with Crippen LogP contribution < -0.4 is 0 Å². The molecule has 0 saturated carbocycles. The highest BCUT2D eigenvalue weighted by Gasteiger charge is 2.17. The second-order valence-electron chi connectivity index (χ2n) is 10.1. The van der Waals surface area contributed by atoms with Gasteiger partial charge in [0, 0.05) is 23.5 Å². The van der Waals surface area contributed by atoms with Crippen LogP contribution in [0, 0.1) is 22.7 Å². The molecule has 2 heterocycles. The van der Waals surface area contributed by atoms with Crippen molar-refractivity contribution in [2.45, 2.75) is 0 Å². The van der Waals surface area contributed by atoms with Gasteiger partial charge in [-0.3, -0.25) is 9.97 Å². The van der Waals surface area contributed by atoms with Crippen LogP contribution in [0.1, 0.15) is 11.1 Å². The summed E-state index contributed by atoms with van der Waals surface area (Å²) in [7, 11) is 0. The molecule has 7 rings (SSSR count). The van der Waals surface area contributed by atoms with Crippen molar-refractivity contribution < 1.29 is 0 Å². The molecule has 0 atom stereocenters. The molecule has 0 aliphatic heterocycles. The van der Waals surface area contributed by atoms with Crippen molar-refractivity contribution in [1.29, 1.82) is 10.5 Å². The maximum absolute atomic E-state index is 9.30. The van der Waals surface area contributed by atoms with E-state index in [0.29, 0.717) is 11.1 Å². The first-order chi connectivity index (χ1) is 20.7. The van der Waals surface area contributed by atoms with Crippen molar-refractivity contribution in [2.75, 3.05) is 0 Å². The topological polar surface area (TPSA) is 73.4 Å². The Morgan fingerprint density at radius 1 is 0.405 bits per heavy atom. The van der Waals surface area contributed by atoms with Gasteiger partial charge in [0.1, 0.15) is 0 Å². The van der Waals surface area contributed by atoms with Crippen molar-refractivity contribution in [2.24, 2.45) is 0 Å². The molecule has 0 aliphatic carbocycles. The van der Waals surface area contributed by atoms with Gasteiger partial charge in [-0.05, 0) is 68.1 Å². The number of benzene rings is 5. The summed E-state index contributed by atoms with van der Waals surface area (Å²) in [6.07, 6.45) is 3.35. The Morgan fingerprint density at radius 3 is 1.07 bits per heavy atom. The zero-order valence-electron chi connectivity index (χ0n) is 22.5. The third-order valence-corrected chi connectivity index (χ3v) is 7.65. The first-order valence-electron chi connectivity index (χ1n) is 13.6. The average molecular weight is 535 g/mol. The fourth-order valence-electron chi connectivity index (χ4n) is 5.68. The van der Waals surface area contributed by atoms with E-state index in [0.717, 1.165) is 33.6 Å². The molecule has 0 radical (unpaired) electrons. The molecule has 0 saturated heterocycles. The van der Waals surface area contributed by atoms with Crippen LogP contribution in [-0.2, 0) is 0 Å². The number of pyridine rings is 2. The van der Waals surface area contributed by atoms with Crippen LogP contribution in [0.5, 0.6) is 0 Å². The van der Waals surface area contributed by atoms with E-state index >= 15 is 0 Å².